The number of piperazine rings is 1. The molecular formula is C27H28F2N4. The van der Waals surface area contributed by atoms with E-state index < -0.39 is 0 Å². The Morgan fingerprint density at radius 3 is 2.03 bits per heavy atom. The fourth-order valence-electron chi connectivity index (χ4n) is 4.81. The predicted octanol–water partition coefficient (Wildman–Crippen LogP) is 5.58. The summed E-state index contributed by atoms with van der Waals surface area (Å²) in [5.41, 5.74) is 3.21. The zero-order valence-corrected chi connectivity index (χ0v) is 18.6. The summed E-state index contributed by atoms with van der Waals surface area (Å²) in [6, 6.07) is 21.6. The second-order valence-electron chi connectivity index (χ2n) is 8.72. The summed E-state index contributed by atoms with van der Waals surface area (Å²) in [5, 5.41) is 8.84. The first-order valence-electron chi connectivity index (χ1n) is 11.6. The molecule has 1 aromatic heterocycles. The Bertz CT molecular complexity index is 1130. The van der Waals surface area contributed by atoms with Gasteiger partial charge in [-0.25, -0.2) is 8.78 Å². The zero-order chi connectivity index (χ0) is 22.6. The normalized spacial score (nSPS) is 14.9. The number of nitrogens with one attached hydrogen (secondary N) is 1. The number of nitrogens with zero attached hydrogens (tertiary/aromatic N) is 3. The Kier molecular flexibility index (Phi) is 6.35. The molecule has 1 aliphatic heterocycles. The highest BCUT2D eigenvalue weighted by Crippen LogP contribution is 2.30. The number of hydrogen-bond acceptors (Lipinski definition) is 3. The summed E-state index contributed by atoms with van der Waals surface area (Å²) >= 11 is 0. The smallest absolute Gasteiger partial charge is 0.158 e. The standard InChI is InChI=1S/C27H28F2N4/c28-22-11-7-20(8-12-22)24(21-9-13-23(29)14-10-21)5-3-15-32-16-18-33(19-17-32)27-25-4-1-2-6-26(25)30-31-27/h1-2,4,6-14,24H,3,5,15-19H2,(H,30,31). The Hall–Kier alpha value is -3.25. The van der Waals surface area contributed by atoms with Gasteiger partial charge in [0.1, 0.15) is 11.6 Å². The van der Waals surface area contributed by atoms with Crippen LogP contribution in [0.4, 0.5) is 14.6 Å². The SMILES string of the molecule is Fc1ccc(C(CCCN2CCN(c3n[nH]c4ccccc34)CC2)c2ccc(F)cc2)cc1. The van der Waals surface area contributed by atoms with Crippen LogP contribution in [0.15, 0.2) is 72.8 Å². The zero-order valence-electron chi connectivity index (χ0n) is 18.6. The van der Waals surface area contributed by atoms with Gasteiger partial charge in [-0.05, 0) is 66.9 Å². The van der Waals surface area contributed by atoms with Crippen molar-refractivity contribution in [2.75, 3.05) is 37.6 Å². The van der Waals surface area contributed by atoms with Crippen molar-refractivity contribution < 1.29 is 8.78 Å². The average Bonchev–Trinajstić information content (AvgIpc) is 3.28. The first-order valence-corrected chi connectivity index (χ1v) is 11.6. The van der Waals surface area contributed by atoms with Crippen LogP contribution in [-0.2, 0) is 0 Å². The number of halogens is 2. The van der Waals surface area contributed by atoms with E-state index in [1.165, 1.54) is 29.7 Å². The van der Waals surface area contributed by atoms with Crippen LogP contribution >= 0.6 is 0 Å². The molecule has 1 aliphatic rings. The van der Waals surface area contributed by atoms with E-state index in [1.54, 1.807) is 0 Å². The van der Waals surface area contributed by atoms with Gasteiger partial charge in [0.25, 0.3) is 0 Å². The monoisotopic (exact) mass is 446 g/mol. The molecule has 4 nitrogen and oxygen atoms in total. The van der Waals surface area contributed by atoms with E-state index >= 15 is 0 Å². The van der Waals surface area contributed by atoms with Crippen LogP contribution in [0.25, 0.3) is 10.9 Å². The molecule has 0 aliphatic carbocycles. The fraction of sp³-hybridized carbons (Fsp3) is 0.296. The van der Waals surface area contributed by atoms with Gasteiger partial charge in [0, 0.05) is 37.5 Å². The van der Waals surface area contributed by atoms with E-state index in [0.717, 1.165) is 68.0 Å². The molecule has 0 atom stereocenters. The highest BCUT2D eigenvalue weighted by Gasteiger charge is 2.21. The second kappa shape index (κ2) is 9.71. The lowest BCUT2D eigenvalue weighted by Crippen LogP contribution is -2.46. The lowest BCUT2D eigenvalue weighted by atomic mass is 9.87. The number of rotatable bonds is 7. The molecule has 0 unspecified atom stereocenters. The fourth-order valence-corrected chi connectivity index (χ4v) is 4.81. The molecular weight excluding hydrogens is 418 g/mol. The number of aromatic nitrogens is 2. The van der Waals surface area contributed by atoms with Gasteiger partial charge in [-0.2, -0.15) is 5.10 Å². The van der Waals surface area contributed by atoms with Gasteiger partial charge in [0.05, 0.1) is 5.52 Å². The lowest BCUT2D eigenvalue weighted by molar-refractivity contribution is 0.251. The number of H-pyrrole nitrogens is 1. The Morgan fingerprint density at radius 1 is 0.788 bits per heavy atom. The van der Waals surface area contributed by atoms with E-state index in [2.05, 4.69) is 38.2 Å². The van der Waals surface area contributed by atoms with Crippen LogP contribution in [0.5, 0.6) is 0 Å². The highest BCUT2D eigenvalue weighted by atomic mass is 19.1. The largest absolute Gasteiger partial charge is 0.352 e. The van der Waals surface area contributed by atoms with Gasteiger partial charge in [-0.3, -0.25) is 10.00 Å². The molecule has 4 aromatic rings. The summed E-state index contributed by atoms with van der Waals surface area (Å²) in [6.45, 7) is 4.91. The third-order valence-electron chi connectivity index (χ3n) is 6.63. The van der Waals surface area contributed by atoms with Crippen LogP contribution in [0.1, 0.15) is 29.9 Å². The molecule has 6 heteroatoms. The van der Waals surface area contributed by atoms with Crippen molar-refractivity contribution in [2.45, 2.75) is 18.8 Å². The van der Waals surface area contributed by atoms with Crippen LogP contribution in [0.3, 0.4) is 0 Å². The van der Waals surface area contributed by atoms with Crippen molar-refractivity contribution in [3.63, 3.8) is 0 Å². The Morgan fingerprint density at radius 2 is 1.39 bits per heavy atom. The molecule has 0 saturated carbocycles. The molecule has 0 spiro atoms. The molecule has 1 N–H and O–H groups in total. The van der Waals surface area contributed by atoms with E-state index in [4.69, 9.17) is 0 Å². The van der Waals surface area contributed by atoms with E-state index in [0.29, 0.717) is 0 Å². The molecule has 1 saturated heterocycles. The number of hydrogen-bond donors (Lipinski definition) is 1. The average molecular weight is 447 g/mol. The Labute approximate surface area is 192 Å². The maximum absolute atomic E-state index is 13.5. The highest BCUT2D eigenvalue weighted by molar-refractivity contribution is 5.90. The van der Waals surface area contributed by atoms with Crippen molar-refractivity contribution >= 4 is 16.7 Å². The minimum absolute atomic E-state index is 0.128. The van der Waals surface area contributed by atoms with E-state index in [9.17, 15) is 8.78 Å². The molecule has 170 valence electrons. The number of fused-ring (bicyclic) bond motifs is 1. The summed E-state index contributed by atoms with van der Waals surface area (Å²) in [4.78, 5) is 4.85. The maximum atomic E-state index is 13.5. The third-order valence-corrected chi connectivity index (χ3v) is 6.63. The number of anilines is 1. The van der Waals surface area contributed by atoms with Gasteiger partial charge < -0.3 is 4.90 Å². The molecule has 3 aromatic carbocycles. The number of benzene rings is 3. The number of para-hydroxylation sites is 1. The minimum Gasteiger partial charge on any atom is -0.352 e. The summed E-state index contributed by atoms with van der Waals surface area (Å²) in [5.74, 6) is 0.694. The van der Waals surface area contributed by atoms with Crippen molar-refractivity contribution in [3.05, 3.63) is 95.6 Å². The minimum atomic E-state index is -0.237. The van der Waals surface area contributed by atoms with Crippen LogP contribution in [0, 0.1) is 11.6 Å². The van der Waals surface area contributed by atoms with Crippen molar-refractivity contribution in [1.82, 2.24) is 15.1 Å². The maximum Gasteiger partial charge on any atom is 0.158 e. The van der Waals surface area contributed by atoms with Gasteiger partial charge in [-0.1, -0.05) is 36.4 Å². The molecule has 2 heterocycles. The number of aromatic amines is 1. The molecule has 0 amide bonds. The topological polar surface area (TPSA) is 35.2 Å². The van der Waals surface area contributed by atoms with Gasteiger partial charge in [-0.15, -0.1) is 0 Å². The molecule has 5 rings (SSSR count). The van der Waals surface area contributed by atoms with Crippen LogP contribution in [-0.4, -0.2) is 47.8 Å². The van der Waals surface area contributed by atoms with Crippen LogP contribution < -0.4 is 4.90 Å². The van der Waals surface area contributed by atoms with Crippen molar-refractivity contribution in [1.29, 1.82) is 0 Å². The molecule has 33 heavy (non-hydrogen) atoms. The first-order chi connectivity index (χ1) is 16.2. The second-order valence-corrected chi connectivity index (χ2v) is 8.72. The van der Waals surface area contributed by atoms with Gasteiger partial charge in [0.15, 0.2) is 5.82 Å². The van der Waals surface area contributed by atoms with Gasteiger partial charge in [0.2, 0.25) is 0 Å². The summed E-state index contributed by atoms with van der Waals surface area (Å²) in [7, 11) is 0. The van der Waals surface area contributed by atoms with E-state index in [-0.39, 0.29) is 17.6 Å². The predicted molar refractivity (Wildman–Crippen MR) is 129 cm³/mol. The summed E-state index contributed by atoms with van der Waals surface area (Å²) in [6.07, 6.45) is 1.95. The molecule has 0 radical (unpaired) electrons. The summed E-state index contributed by atoms with van der Waals surface area (Å²) < 4.78 is 26.9. The quantitative estimate of drug-likeness (QED) is 0.403. The van der Waals surface area contributed by atoms with E-state index in [1.807, 2.05) is 30.3 Å². The molecule has 1 fully saturated rings. The van der Waals surface area contributed by atoms with Gasteiger partial charge >= 0.3 is 0 Å². The first kappa shape index (κ1) is 21.6. The molecule has 0 bridgehead atoms. The van der Waals surface area contributed by atoms with Crippen LogP contribution in [0.2, 0.25) is 0 Å². The van der Waals surface area contributed by atoms with Crippen molar-refractivity contribution in [3.8, 4) is 0 Å². The lowest BCUT2D eigenvalue weighted by Gasteiger charge is -2.35. The third kappa shape index (κ3) is 4.91. The van der Waals surface area contributed by atoms with Crippen molar-refractivity contribution in [2.24, 2.45) is 0 Å². The Balaban J connectivity index is 1.19.